The first-order chi connectivity index (χ1) is 9.10. The van der Waals surface area contributed by atoms with Crippen molar-refractivity contribution in [1.82, 2.24) is 15.1 Å². The zero-order chi connectivity index (χ0) is 13.8. The van der Waals surface area contributed by atoms with Crippen LogP contribution in [0.4, 0.5) is 0 Å². The smallest absolute Gasteiger partial charge is 0.322 e. The summed E-state index contributed by atoms with van der Waals surface area (Å²) in [5.74, 6) is 0.715. The fourth-order valence-corrected chi connectivity index (χ4v) is 2.99. The van der Waals surface area contributed by atoms with Crippen LogP contribution < -0.4 is 5.32 Å². The van der Waals surface area contributed by atoms with E-state index in [-0.39, 0.29) is 12.0 Å². The van der Waals surface area contributed by atoms with Crippen molar-refractivity contribution in [1.29, 1.82) is 0 Å². The van der Waals surface area contributed by atoms with Crippen LogP contribution in [0.25, 0.3) is 0 Å². The molecule has 0 radical (unpaired) electrons. The van der Waals surface area contributed by atoms with E-state index in [4.69, 9.17) is 4.74 Å². The minimum absolute atomic E-state index is 0.159. The van der Waals surface area contributed by atoms with E-state index < -0.39 is 0 Å². The molecule has 106 valence electrons. The first-order valence-electron chi connectivity index (χ1n) is 6.57. The molecule has 0 aromatic carbocycles. The summed E-state index contributed by atoms with van der Waals surface area (Å²) in [4.78, 5) is 11.7. The molecule has 1 heterocycles. The molecule has 1 fully saturated rings. The number of rotatable bonds is 7. The second-order valence-electron chi connectivity index (χ2n) is 4.90. The fourth-order valence-electron chi connectivity index (χ4n) is 1.95. The van der Waals surface area contributed by atoms with Crippen LogP contribution >= 0.6 is 11.8 Å². The van der Waals surface area contributed by atoms with Crippen LogP contribution in [0.2, 0.25) is 0 Å². The molecular formula is C13H21N3O2S. The fraction of sp³-hybridized carbons (Fsp3) is 0.692. The first kappa shape index (κ1) is 14.4. The summed E-state index contributed by atoms with van der Waals surface area (Å²) >= 11 is 1.72. The van der Waals surface area contributed by atoms with Gasteiger partial charge in [0.2, 0.25) is 0 Å². The third kappa shape index (κ3) is 4.24. The largest absolute Gasteiger partial charge is 0.468 e. The number of ether oxygens (including phenoxy) is 1. The topological polar surface area (TPSA) is 56.1 Å². The predicted octanol–water partition coefficient (Wildman–Crippen LogP) is 1.50. The number of methoxy groups -OCH3 is 1. The van der Waals surface area contributed by atoms with Crippen molar-refractivity contribution in [2.75, 3.05) is 12.9 Å². The number of nitrogens with one attached hydrogen (secondary N) is 1. The quantitative estimate of drug-likeness (QED) is 0.607. The second-order valence-corrected chi connectivity index (χ2v) is 6.02. The van der Waals surface area contributed by atoms with E-state index in [1.165, 1.54) is 20.0 Å². The molecule has 5 nitrogen and oxygen atoms in total. The van der Waals surface area contributed by atoms with E-state index in [1.807, 2.05) is 18.7 Å². The molecule has 2 rings (SSSR count). The Morgan fingerprint density at radius 2 is 2.42 bits per heavy atom. The summed E-state index contributed by atoms with van der Waals surface area (Å²) in [5.41, 5.74) is 1.02. The number of aromatic nitrogens is 2. The SMILES string of the molecule is COC(=O)C(CCSc1cc(C)nn1C)NC1CC1. The highest BCUT2D eigenvalue weighted by atomic mass is 32.2. The lowest BCUT2D eigenvalue weighted by molar-refractivity contribution is -0.143. The Kier molecular flexibility index (Phi) is 4.87. The Bertz CT molecular complexity index is 443. The predicted molar refractivity (Wildman–Crippen MR) is 75.2 cm³/mol. The van der Waals surface area contributed by atoms with Gasteiger partial charge >= 0.3 is 5.97 Å². The number of carbonyl (C=O) groups is 1. The van der Waals surface area contributed by atoms with Crippen LogP contribution in [0.1, 0.15) is 25.0 Å². The van der Waals surface area contributed by atoms with E-state index in [1.54, 1.807) is 11.8 Å². The van der Waals surface area contributed by atoms with Crippen molar-refractivity contribution in [3.63, 3.8) is 0 Å². The van der Waals surface area contributed by atoms with Crippen LogP contribution in [0.15, 0.2) is 11.1 Å². The number of carbonyl (C=O) groups excluding carboxylic acids is 1. The highest BCUT2D eigenvalue weighted by Gasteiger charge is 2.28. The molecule has 1 aliphatic carbocycles. The van der Waals surface area contributed by atoms with Gasteiger partial charge in [-0.05, 0) is 32.3 Å². The van der Waals surface area contributed by atoms with Crippen molar-refractivity contribution in [2.24, 2.45) is 7.05 Å². The molecule has 0 aliphatic heterocycles. The minimum atomic E-state index is -0.181. The molecular weight excluding hydrogens is 262 g/mol. The Morgan fingerprint density at radius 1 is 1.68 bits per heavy atom. The van der Waals surface area contributed by atoms with Gasteiger partial charge in [-0.2, -0.15) is 5.10 Å². The summed E-state index contributed by atoms with van der Waals surface area (Å²) in [6.07, 6.45) is 3.11. The molecule has 0 bridgehead atoms. The number of hydrogen-bond acceptors (Lipinski definition) is 5. The van der Waals surface area contributed by atoms with E-state index in [0.29, 0.717) is 6.04 Å². The summed E-state index contributed by atoms with van der Waals surface area (Å²) in [6, 6.07) is 2.39. The van der Waals surface area contributed by atoms with E-state index in [0.717, 1.165) is 22.9 Å². The molecule has 1 saturated carbocycles. The molecule has 0 amide bonds. The molecule has 1 atom stereocenters. The van der Waals surface area contributed by atoms with Gasteiger partial charge in [0.1, 0.15) is 6.04 Å². The lowest BCUT2D eigenvalue weighted by atomic mass is 10.2. The number of thioether (sulfide) groups is 1. The normalized spacial score (nSPS) is 16.4. The number of aryl methyl sites for hydroxylation is 2. The number of hydrogen-bond donors (Lipinski definition) is 1. The van der Waals surface area contributed by atoms with Crippen LogP contribution in [0, 0.1) is 6.92 Å². The van der Waals surface area contributed by atoms with Crippen LogP contribution in [0.3, 0.4) is 0 Å². The van der Waals surface area contributed by atoms with Gasteiger partial charge in [0.15, 0.2) is 0 Å². The van der Waals surface area contributed by atoms with Crippen molar-refractivity contribution >= 4 is 17.7 Å². The third-order valence-electron chi connectivity index (χ3n) is 3.12. The van der Waals surface area contributed by atoms with Gasteiger partial charge in [0.25, 0.3) is 0 Å². The molecule has 1 aromatic rings. The number of esters is 1. The van der Waals surface area contributed by atoms with Crippen LogP contribution in [0.5, 0.6) is 0 Å². The monoisotopic (exact) mass is 283 g/mol. The highest BCUT2D eigenvalue weighted by molar-refractivity contribution is 7.99. The molecule has 6 heteroatoms. The van der Waals surface area contributed by atoms with Gasteiger partial charge in [-0.1, -0.05) is 0 Å². The average Bonchev–Trinajstić information content (AvgIpc) is 3.13. The minimum Gasteiger partial charge on any atom is -0.468 e. The molecule has 19 heavy (non-hydrogen) atoms. The maximum absolute atomic E-state index is 11.7. The molecule has 0 saturated heterocycles. The Balaban J connectivity index is 1.81. The van der Waals surface area contributed by atoms with Gasteiger partial charge in [0, 0.05) is 18.8 Å². The molecule has 1 aliphatic rings. The summed E-state index contributed by atoms with van der Waals surface area (Å²) in [7, 11) is 3.39. The molecule has 0 spiro atoms. The van der Waals surface area contributed by atoms with Crippen molar-refractivity contribution < 1.29 is 9.53 Å². The zero-order valence-electron chi connectivity index (χ0n) is 11.7. The van der Waals surface area contributed by atoms with E-state index in [2.05, 4.69) is 16.5 Å². The number of nitrogens with zero attached hydrogens (tertiary/aromatic N) is 2. The second kappa shape index (κ2) is 6.43. The van der Waals surface area contributed by atoms with Gasteiger partial charge in [0.05, 0.1) is 17.8 Å². The summed E-state index contributed by atoms with van der Waals surface area (Å²) in [5, 5.41) is 8.78. The Hall–Kier alpha value is -1.01. The maximum atomic E-state index is 11.7. The van der Waals surface area contributed by atoms with E-state index in [9.17, 15) is 4.79 Å². The Labute approximate surface area is 118 Å². The zero-order valence-corrected chi connectivity index (χ0v) is 12.5. The average molecular weight is 283 g/mol. The molecule has 1 aromatic heterocycles. The van der Waals surface area contributed by atoms with Gasteiger partial charge in [-0.25, -0.2) is 0 Å². The van der Waals surface area contributed by atoms with Gasteiger partial charge in [-0.3, -0.25) is 9.48 Å². The summed E-state index contributed by atoms with van der Waals surface area (Å²) < 4.78 is 6.72. The van der Waals surface area contributed by atoms with E-state index >= 15 is 0 Å². The summed E-state index contributed by atoms with van der Waals surface area (Å²) in [6.45, 7) is 1.98. The lowest BCUT2D eigenvalue weighted by Gasteiger charge is -2.15. The Morgan fingerprint density at radius 3 is 2.95 bits per heavy atom. The molecule has 1 N–H and O–H groups in total. The third-order valence-corrected chi connectivity index (χ3v) is 4.23. The molecule has 1 unspecified atom stereocenters. The van der Waals surface area contributed by atoms with Crippen molar-refractivity contribution in [3.8, 4) is 0 Å². The van der Waals surface area contributed by atoms with Gasteiger partial charge < -0.3 is 10.1 Å². The van der Waals surface area contributed by atoms with Crippen LogP contribution in [-0.4, -0.2) is 40.7 Å². The van der Waals surface area contributed by atoms with Crippen molar-refractivity contribution in [3.05, 3.63) is 11.8 Å². The lowest BCUT2D eigenvalue weighted by Crippen LogP contribution is -2.39. The highest BCUT2D eigenvalue weighted by Crippen LogP contribution is 2.23. The van der Waals surface area contributed by atoms with Crippen LogP contribution in [-0.2, 0) is 16.6 Å². The van der Waals surface area contributed by atoms with Crippen molar-refractivity contribution in [2.45, 2.75) is 43.3 Å². The maximum Gasteiger partial charge on any atom is 0.322 e. The standard InChI is InChI=1S/C13H21N3O2S/c1-9-8-12(16(2)15-9)19-7-6-11(13(17)18-3)14-10-4-5-10/h8,10-11,14H,4-7H2,1-3H3. The van der Waals surface area contributed by atoms with Gasteiger partial charge in [-0.15, -0.1) is 11.8 Å². The first-order valence-corrected chi connectivity index (χ1v) is 7.56.